The zero-order valence-corrected chi connectivity index (χ0v) is 18.7. The minimum Gasteiger partial charge on any atom is -0.494 e. The second kappa shape index (κ2) is 11.3. The normalized spacial score (nSPS) is 16.9. The van der Waals surface area contributed by atoms with Gasteiger partial charge in [0.1, 0.15) is 17.8 Å². The number of likely N-dealkylation sites (N-methyl/N-ethyl adjacent to an activating group) is 1. The molecule has 3 amide bonds. The molecule has 3 rings (SSSR count). The summed E-state index contributed by atoms with van der Waals surface area (Å²) < 4.78 is 5.44. The molecule has 0 unspecified atom stereocenters. The van der Waals surface area contributed by atoms with Gasteiger partial charge in [0.15, 0.2) is 0 Å². The Bertz CT molecular complexity index is 915. The first kappa shape index (κ1) is 23.3. The van der Waals surface area contributed by atoms with Gasteiger partial charge in [0.05, 0.1) is 6.61 Å². The number of hydrogen-bond acceptors (Lipinski definition) is 4. The lowest BCUT2D eigenvalue weighted by Gasteiger charge is -2.29. The van der Waals surface area contributed by atoms with Crippen LogP contribution in [0.2, 0.25) is 0 Å². The van der Waals surface area contributed by atoms with Crippen molar-refractivity contribution in [2.24, 2.45) is 0 Å². The monoisotopic (exact) mass is 437 g/mol. The molecule has 0 saturated carbocycles. The molecule has 2 atom stereocenters. The molecule has 2 aromatic carbocycles. The van der Waals surface area contributed by atoms with Gasteiger partial charge in [-0.15, -0.1) is 0 Å². The lowest BCUT2D eigenvalue weighted by atomic mass is 10.0. The Hall–Kier alpha value is -3.35. The van der Waals surface area contributed by atoms with E-state index in [2.05, 4.69) is 10.6 Å². The van der Waals surface area contributed by atoms with Crippen LogP contribution in [0.4, 0.5) is 0 Å². The molecule has 0 spiro atoms. The summed E-state index contributed by atoms with van der Waals surface area (Å²) in [4.78, 5) is 40.2. The number of ether oxygens (including phenoxy) is 1. The summed E-state index contributed by atoms with van der Waals surface area (Å²) in [5.74, 6) is -0.0911. The van der Waals surface area contributed by atoms with Crippen molar-refractivity contribution in [3.63, 3.8) is 0 Å². The summed E-state index contributed by atoms with van der Waals surface area (Å²) in [6, 6.07) is 15.1. The van der Waals surface area contributed by atoms with E-state index < -0.39 is 12.1 Å². The molecule has 1 heterocycles. The minimum atomic E-state index is -0.757. The van der Waals surface area contributed by atoms with Gasteiger partial charge in [-0.25, -0.2) is 0 Å². The SMILES string of the molecule is CCOc1ccc(C(=O)N(C)[C@@H](Cc2ccccc2)C(=O)N[C@@H]2CCCCNC2=O)cc1. The van der Waals surface area contributed by atoms with Crippen LogP contribution in [-0.2, 0) is 16.0 Å². The van der Waals surface area contributed by atoms with Gasteiger partial charge < -0.3 is 20.3 Å². The topological polar surface area (TPSA) is 87.7 Å². The van der Waals surface area contributed by atoms with Crippen molar-refractivity contribution >= 4 is 17.7 Å². The van der Waals surface area contributed by atoms with Crippen LogP contribution in [0.15, 0.2) is 54.6 Å². The van der Waals surface area contributed by atoms with Crippen molar-refractivity contribution in [1.29, 1.82) is 0 Å². The van der Waals surface area contributed by atoms with E-state index in [4.69, 9.17) is 4.74 Å². The fourth-order valence-corrected chi connectivity index (χ4v) is 3.79. The van der Waals surface area contributed by atoms with E-state index in [9.17, 15) is 14.4 Å². The number of carbonyl (C=O) groups is 3. The minimum absolute atomic E-state index is 0.171. The maximum absolute atomic E-state index is 13.3. The van der Waals surface area contributed by atoms with Crippen molar-refractivity contribution < 1.29 is 19.1 Å². The third kappa shape index (κ3) is 6.09. The van der Waals surface area contributed by atoms with Gasteiger partial charge in [-0.1, -0.05) is 30.3 Å². The second-order valence-electron chi connectivity index (χ2n) is 7.93. The van der Waals surface area contributed by atoms with Crippen LogP contribution in [0.25, 0.3) is 0 Å². The van der Waals surface area contributed by atoms with E-state index in [1.807, 2.05) is 37.3 Å². The van der Waals surface area contributed by atoms with Crippen LogP contribution in [0.3, 0.4) is 0 Å². The number of nitrogens with one attached hydrogen (secondary N) is 2. The van der Waals surface area contributed by atoms with E-state index in [-0.39, 0.29) is 17.7 Å². The summed E-state index contributed by atoms with van der Waals surface area (Å²) in [6.45, 7) is 3.06. The Kier molecular flexibility index (Phi) is 8.25. The van der Waals surface area contributed by atoms with E-state index in [0.29, 0.717) is 37.3 Å². The smallest absolute Gasteiger partial charge is 0.254 e. The fraction of sp³-hybridized carbons (Fsp3) is 0.400. The maximum atomic E-state index is 13.3. The lowest BCUT2D eigenvalue weighted by molar-refractivity contribution is -0.131. The fourth-order valence-electron chi connectivity index (χ4n) is 3.79. The van der Waals surface area contributed by atoms with Gasteiger partial charge in [-0.3, -0.25) is 14.4 Å². The van der Waals surface area contributed by atoms with Gasteiger partial charge >= 0.3 is 0 Å². The molecule has 0 aliphatic carbocycles. The number of amides is 3. The van der Waals surface area contributed by atoms with E-state index in [1.165, 1.54) is 4.90 Å². The average Bonchev–Trinajstić information content (AvgIpc) is 3.02. The number of carbonyl (C=O) groups excluding carboxylic acids is 3. The number of nitrogens with zero attached hydrogens (tertiary/aromatic N) is 1. The first-order valence-electron chi connectivity index (χ1n) is 11.1. The molecule has 0 radical (unpaired) electrons. The van der Waals surface area contributed by atoms with Crippen LogP contribution in [0.1, 0.15) is 42.1 Å². The summed E-state index contributed by atoms with van der Waals surface area (Å²) in [5.41, 5.74) is 1.40. The first-order valence-corrected chi connectivity index (χ1v) is 11.1. The number of rotatable bonds is 8. The Balaban J connectivity index is 1.79. The molecule has 1 aliphatic heterocycles. The van der Waals surface area contributed by atoms with E-state index in [1.54, 1.807) is 31.3 Å². The van der Waals surface area contributed by atoms with Crippen LogP contribution in [0, 0.1) is 0 Å². The molecule has 2 N–H and O–H groups in total. The van der Waals surface area contributed by atoms with E-state index in [0.717, 1.165) is 18.4 Å². The molecular formula is C25H31N3O4. The largest absolute Gasteiger partial charge is 0.494 e. The highest BCUT2D eigenvalue weighted by atomic mass is 16.5. The van der Waals surface area contributed by atoms with Crippen LogP contribution >= 0.6 is 0 Å². The Morgan fingerprint density at radius 3 is 2.53 bits per heavy atom. The predicted octanol–water partition coefficient (Wildman–Crippen LogP) is 2.55. The summed E-state index contributed by atoms with van der Waals surface area (Å²) in [7, 11) is 1.62. The molecule has 7 heteroatoms. The highest BCUT2D eigenvalue weighted by Crippen LogP contribution is 2.17. The first-order chi connectivity index (χ1) is 15.5. The predicted molar refractivity (Wildman–Crippen MR) is 122 cm³/mol. The molecule has 170 valence electrons. The molecular weight excluding hydrogens is 406 g/mol. The molecule has 2 aromatic rings. The van der Waals surface area contributed by atoms with Gasteiger partial charge in [0.25, 0.3) is 5.91 Å². The second-order valence-corrected chi connectivity index (χ2v) is 7.93. The van der Waals surface area contributed by atoms with Gasteiger partial charge in [-0.2, -0.15) is 0 Å². The highest BCUT2D eigenvalue weighted by molar-refractivity contribution is 5.98. The highest BCUT2D eigenvalue weighted by Gasteiger charge is 2.31. The van der Waals surface area contributed by atoms with Gasteiger partial charge in [0, 0.05) is 25.6 Å². The number of hydrogen-bond donors (Lipinski definition) is 2. The molecule has 0 bridgehead atoms. The molecule has 7 nitrogen and oxygen atoms in total. The van der Waals surface area contributed by atoms with Crippen molar-refractivity contribution in [3.05, 3.63) is 65.7 Å². The Labute approximate surface area is 189 Å². The maximum Gasteiger partial charge on any atom is 0.254 e. The molecule has 32 heavy (non-hydrogen) atoms. The standard InChI is InChI=1S/C25H31N3O4/c1-3-32-20-14-12-19(13-15-20)25(31)28(2)22(17-18-9-5-4-6-10-18)24(30)27-21-11-7-8-16-26-23(21)29/h4-6,9-10,12-15,21-22H,3,7-8,11,16-17H2,1-2H3,(H,26,29)(H,27,30)/t21-,22+/m1/s1. The van der Waals surface area contributed by atoms with Crippen LogP contribution in [-0.4, -0.2) is 54.9 Å². The molecule has 1 saturated heterocycles. The average molecular weight is 438 g/mol. The zero-order chi connectivity index (χ0) is 22.9. The van der Waals surface area contributed by atoms with Crippen molar-refractivity contribution in [2.75, 3.05) is 20.2 Å². The summed E-state index contributed by atoms with van der Waals surface area (Å²) in [6.07, 6.45) is 2.68. The number of benzene rings is 2. The summed E-state index contributed by atoms with van der Waals surface area (Å²) in [5, 5.41) is 5.71. The zero-order valence-electron chi connectivity index (χ0n) is 18.7. The third-order valence-electron chi connectivity index (χ3n) is 5.63. The van der Waals surface area contributed by atoms with Gasteiger partial charge in [-0.05, 0) is 56.0 Å². The Morgan fingerprint density at radius 1 is 1.12 bits per heavy atom. The van der Waals surface area contributed by atoms with Crippen LogP contribution < -0.4 is 15.4 Å². The molecule has 1 fully saturated rings. The van der Waals surface area contributed by atoms with Gasteiger partial charge in [0.2, 0.25) is 11.8 Å². The lowest BCUT2D eigenvalue weighted by Crippen LogP contribution is -2.54. The Morgan fingerprint density at radius 2 is 1.84 bits per heavy atom. The van der Waals surface area contributed by atoms with Crippen LogP contribution in [0.5, 0.6) is 5.75 Å². The summed E-state index contributed by atoms with van der Waals surface area (Å²) >= 11 is 0. The quantitative estimate of drug-likeness (QED) is 0.664. The molecule has 1 aliphatic rings. The van der Waals surface area contributed by atoms with E-state index >= 15 is 0 Å². The van der Waals surface area contributed by atoms with Crippen molar-refractivity contribution in [1.82, 2.24) is 15.5 Å². The van der Waals surface area contributed by atoms with Crippen molar-refractivity contribution in [2.45, 2.75) is 44.7 Å². The molecule has 0 aromatic heterocycles. The third-order valence-corrected chi connectivity index (χ3v) is 5.63. The van der Waals surface area contributed by atoms with Crippen molar-refractivity contribution in [3.8, 4) is 5.75 Å².